The van der Waals surface area contributed by atoms with Crippen molar-refractivity contribution in [2.45, 2.75) is 44.6 Å². The molecule has 3 aromatic rings. The Kier molecular flexibility index (Phi) is 11.0. The molecule has 4 rings (SSSR count). The summed E-state index contributed by atoms with van der Waals surface area (Å²) < 4.78 is 67.8. The second-order valence-electron chi connectivity index (χ2n) is 10.6. The van der Waals surface area contributed by atoms with E-state index >= 15 is 0 Å². The van der Waals surface area contributed by atoms with E-state index in [1.807, 2.05) is 37.3 Å². The van der Waals surface area contributed by atoms with Crippen LogP contribution in [0.4, 0.5) is 24.5 Å². The second-order valence-corrected chi connectivity index (χ2v) is 12.7. The standard InChI is InChI=1S/C31H39F3N4O5S/c1-3-36-26-17-23(18-27(29(26)43-2)38-13-8-14-44(38,41)42)30(40)37-25(16-21-9-5-4-6-10-21)28(39)20-35-19-22-11-7-12-24(15-22)31(32,33)34/h4-7,9-12,15,17-18,25,28,35-36,39,41-42H,3,8,13-14,16,19-20H2,1-2H3,(H,37,40)/t25-,28-/m0/s1. The molecule has 9 nitrogen and oxygen atoms in total. The smallest absolute Gasteiger partial charge is 0.416 e. The number of rotatable bonds is 13. The molecule has 0 spiro atoms. The number of aliphatic hydroxyl groups excluding tert-OH is 1. The van der Waals surface area contributed by atoms with E-state index in [0.29, 0.717) is 42.2 Å². The first-order chi connectivity index (χ1) is 20.9. The molecule has 0 aliphatic carbocycles. The number of nitrogens with zero attached hydrogens (tertiary/aromatic N) is 1. The van der Waals surface area contributed by atoms with Crippen molar-refractivity contribution in [3.8, 4) is 5.75 Å². The molecule has 1 heterocycles. The lowest BCUT2D eigenvalue weighted by Crippen LogP contribution is -2.48. The number of benzene rings is 3. The van der Waals surface area contributed by atoms with Crippen molar-refractivity contribution < 1.29 is 36.9 Å². The van der Waals surface area contributed by atoms with Crippen LogP contribution in [0.1, 0.15) is 40.4 Å². The average Bonchev–Trinajstić information content (AvgIpc) is 3.35. The van der Waals surface area contributed by atoms with Gasteiger partial charge in [0.25, 0.3) is 5.91 Å². The van der Waals surface area contributed by atoms with E-state index in [2.05, 4.69) is 16.0 Å². The Morgan fingerprint density at radius 3 is 2.43 bits per heavy atom. The Balaban J connectivity index is 1.56. The Morgan fingerprint density at radius 2 is 1.80 bits per heavy atom. The maximum Gasteiger partial charge on any atom is 0.416 e. The van der Waals surface area contributed by atoms with Gasteiger partial charge in [-0.15, -0.1) is 10.8 Å². The SMILES string of the molecule is CCNc1cc(C(=O)N[C@@H](Cc2ccccc2)[C@@H](O)CNCc2cccc(C(F)(F)F)c2)cc(N2CCCS2(O)O)c1OC. The van der Waals surface area contributed by atoms with Crippen molar-refractivity contribution in [2.75, 3.05) is 42.1 Å². The summed E-state index contributed by atoms with van der Waals surface area (Å²) in [6.45, 7) is 2.86. The van der Waals surface area contributed by atoms with Crippen LogP contribution in [0.2, 0.25) is 0 Å². The maximum absolute atomic E-state index is 13.7. The van der Waals surface area contributed by atoms with E-state index in [0.717, 1.165) is 17.7 Å². The van der Waals surface area contributed by atoms with Crippen molar-refractivity contribution in [3.05, 3.63) is 89.0 Å². The summed E-state index contributed by atoms with van der Waals surface area (Å²) in [5.74, 6) is 0.0913. The monoisotopic (exact) mass is 636 g/mol. The van der Waals surface area contributed by atoms with Gasteiger partial charge in [0.15, 0.2) is 5.75 Å². The van der Waals surface area contributed by atoms with E-state index in [-0.39, 0.29) is 30.8 Å². The van der Waals surface area contributed by atoms with Gasteiger partial charge < -0.3 is 25.8 Å². The third kappa shape index (κ3) is 8.36. The lowest BCUT2D eigenvalue weighted by atomic mass is 10.00. The van der Waals surface area contributed by atoms with Gasteiger partial charge in [-0.05, 0) is 49.1 Å². The van der Waals surface area contributed by atoms with Crippen LogP contribution in [0.5, 0.6) is 5.75 Å². The first kappa shape index (κ1) is 33.4. The molecule has 0 unspecified atom stereocenters. The number of nitrogens with one attached hydrogen (secondary N) is 3. The third-order valence-corrected chi connectivity index (χ3v) is 9.24. The average molecular weight is 637 g/mol. The van der Waals surface area contributed by atoms with Gasteiger partial charge in [-0.3, -0.25) is 18.2 Å². The van der Waals surface area contributed by atoms with Crippen molar-refractivity contribution in [2.24, 2.45) is 0 Å². The molecule has 240 valence electrons. The fourth-order valence-electron chi connectivity index (χ4n) is 5.17. The molecule has 6 N–H and O–H groups in total. The fourth-order valence-corrected chi connectivity index (χ4v) is 6.78. The van der Waals surface area contributed by atoms with Crippen LogP contribution in [0.15, 0.2) is 66.7 Å². The quantitative estimate of drug-likeness (QED) is 0.145. The highest BCUT2D eigenvalue weighted by atomic mass is 32.3. The van der Waals surface area contributed by atoms with E-state index in [4.69, 9.17) is 4.74 Å². The number of hydrogen-bond donors (Lipinski definition) is 6. The van der Waals surface area contributed by atoms with Crippen molar-refractivity contribution in [1.29, 1.82) is 0 Å². The molecule has 13 heteroatoms. The largest absolute Gasteiger partial charge is 0.492 e. The zero-order chi connectivity index (χ0) is 31.9. The number of amides is 1. The summed E-state index contributed by atoms with van der Waals surface area (Å²) in [4.78, 5) is 13.7. The number of hydrogen-bond acceptors (Lipinski definition) is 8. The summed E-state index contributed by atoms with van der Waals surface area (Å²) >= 11 is 0. The van der Waals surface area contributed by atoms with Crippen LogP contribution in [-0.2, 0) is 19.1 Å². The van der Waals surface area contributed by atoms with Crippen LogP contribution in [-0.4, -0.2) is 64.8 Å². The number of anilines is 2. The van der Waals surface area contributed by atoms with Crippen LogP contribution < -0.4 is 25.0 Å². The van der Waals surface area contributed by atoms with Gasteiger partial charge in [-0.2, -0.15) is 13.2 Å². The highest BCUT2D eigenvalue weighted by molar-refractivity contribution is 8.25. The minimum absolute atomic E-state index is 0.000783. The summed E-state index contributed by atoms with van der Waals surface area (Å²) in [5, 5.41) is 20.3. The molecule has 0 bridgehead atoms. The number of methoxy groups -OCH3 is 1. The minimum atomic E-state index is -4.46. The van der Waals surface area contributed by atoms with Crippen molar-refractivity contribution in [3.63, 3.8) is 0 Å². The van der Waals surface area contributed by atoms with E-state index in [1.54, 1.807) is 18.2 Å². The van der Waals surface area contributed by atoms with Crippen molar-refractivity contribution in [1.82, 2.24) is 10.6 Å². The molecule has 0 radical (unpaired) electrons. The fraction of sp³-hybridized carbons (Fsp3) is 0.387. The second kappa shape index (κ2) is 14.5. The van der Waals surface area contributed by atoms with E-state index in [9.17, 15) is 32.2 Å². The van der Waals surface area contributed by atoms with E-state index < -0.39 is 40.6 Å². The summed E-state index contributed by atoms with van der Waals surface area (Å²) in [6, 6.07) is 16.6. The normalized spacial score (nSPS) is 16.7. The first-order valence-electron chi connectivity index (χ1n) is 14.3. The Hall–Kier alpha value is -3.49. The van der Waals surface area contributed by atoms with Crippen LogP contribution in [0.3, 0.4) is 0 Å². The van der Waals surface area contributed by atoms with Crippen LogP contribution in [0, 0.1) is 0 Å². The molecule has 2 atom stereocenters. The highest BCUT2D eigenvalue weighted by Gasteiger charge is 2.33. The molecular weight excluding hydrogens is 597 g/mol. The van der Waals surface area contributed by atoms with Gasteiger partial charge in [0.1, 0.15) is 5.69 Å². The molecule has 0 aromatic heterocycles. The number of alkyl halides is 3. The predicted octanol–water partition coefficient (Wildman–Crippen LogP) is 5.51. The number of aliphatic hydroxyl groups is 1. The van der Waals surface area contributed by atoms with Gasteiger partial charge in [0.2, 0.25) is 0 Å². The van der Waals surface area contributed by atoms with Crippen LogP contribution in [0.25, 0.3) is 0 Å². The number of carbonyl (C=O) groups is 1. The van der Waals surface area contributed by atoms with Gasteiger partial charge >= 0.3 is 6.18 Å². The van der Waals surface area contributed by atoms with Gasteiger partial charge in [0.05, 0.1) is 36.3 Å². The lowest BCUT2D eigenvalue weighted by Gasteiger charge is -2.39. The molecule has 1 fully saturated rings. The summed E-state index contributed by atoms with van der Waals surface area (Å²) in [5.41, 5.74) is 1.62. The maximum atomic E-state index is 13.7. The summed E-state index contributed by atoms with van der Waals surface area (Å²) in [6.07, 6.45) is -4.70. The molecule has 44 heavy (non-hydrogen) atoms. The zero-order valence-corrected chi connectivity index (χ0v) is 25.4. The third-order valence-electron chi connectivity index (χ3n) is 7.32. The molecule has 1 aliphatic rings. The number of carbonyl (C=O) groups excluding carboxylic acids is 1. The first-order valence-corrected chi connectivity index (χ1v) is 16.0. The van der Waals surface area contributed by atoms with Crippen LogP contribution >= 0.6 is 10.8 Å². The van der Waals surface area contributed by atoms with Crippen molar-refractivity contribution >= 4 is 28.1 Å². The Bertz CT molecular complexity index is 1410. The molecule has 3 aromatic carbocycles. The number of halogens is 3. The molecule has 0 saturated carbocycles. The lowest BCUT2D eigenvalue weighted by molar-refractivity contribution is -0.137. The molecular formula is C31H39F3N4O5S. The highest BCUT2D eigenvalue weighted by Crippen LogP contribution is 2.54. The topological polar surface area (TPSA) is 126 Å². The molecule has 1 saturated heterocycles. The Morgan fingerprint density at radius 1 is 1.07 bits per heavy atom. The predicted molar refractivity (Wildman–Crippen MR) is 167 cm³/mol. The van der Waals surface area contributed by atoms with Gasteiger partial charge in [-0.1, -0.05) is 48.5 Å². The molecule has 1 aliphatic heterocycles. The molecule has 1 amide bonds. The number of ether oxygens (including phenoxy) is 1. The summed E-state index contributed by atoms with van der Waals surface area (Å²) in [7, 11) is -1.61. The minimum Gasteiger partial charge on any atom is -0.492 e. The Labute approximate surface area is 256 Å². The van der Waals surface area contributed by atoms with Gasteiger partial charge in [0, 0.05) is 31.7 Å². The zero-order valence-electron chi connectivity index (χ0n) is 24.6. The van der Waals surface area contributed by atoms with Gasteiger partial charge in [-0.25, -0.2) is 0 Å². The van der Waals surface area contributed by atoms with E-state index in [1.165, 1.54) is 17.5 Å².